The lowest BCUT2D eigenvalue weighted by atomic mass is 9.97. The first-order valence-electron chi connectivity index (χ1n) is 7.02. The number of aliphatic hydroxyl groups excluding tert-OH is 1. The molecule has 1 aliphatic carbocycles. The zero-order valence-corrected chi connectivity index (χ0v) is 11.6. The number of nitrogens with zero attached hydrogens (tertiary/aromatic N) is 1. The summed E-state index contributed by atoms with van der Waals surface area (Å²) in [5.74, 6) is -1.87. The number of carbonyl (C=O) groups excluding carboxylic acids is 2. The van der Waals surface area contributed by atoms with Crippen molar-refractivity contribution in [1.29, 1.82) is 0 Å². The normalized spacial score (nSPS) is 25.4. The van der Waals surface area contributed by atoms with Crippen LogP contribution in [0.4, 0.5) is 13.2 Å². The van der Waals surface area contributed by atoms with Crippen LogP contribution in [0, 0.1) is 5.92 Å². The van der Waals surface area contributed by atoms with Crippen molar-refractivity contribution in [2.75, 3.05) is 19.7 Å². The maximum atomic E-state index is 12.3. The fraction of sp³-hybridized carbons (Fsp3) is 0.846. The lowest BCUT2D eigenvalue weighted by molar-refractivity contribution is -0.157. The summed E-state index contributed by atoms with van der Waals surface area (Å²) >= 11 is 0. The van der Waals surface area contributed by atoms with Crippen LogP contribution < -0.4 is 5.32 Å². The van der Waals surface area contributed by atoms with Crippen LogP contribution in [0.1, 0.15) is 32.1 Å². The fourth-order valence-corrected chi connectivity index (χ4v) is 3.05. The summed E-state index contributed by atoms with van der Waals surface area (Å²) in [5, 5.41) is 12.2. The predicted octanol–water partition coefficient (Wildman–Crippen LogP) is 0.818. The first-order chi connectivity index (χ1) is 9.75. The van der Waals surface area contributed by atoms with Crippen molar-refractivity contribution in [1.82, 2.24) is 10.2 Å². The molecule has 2 aliphatic rings. The van der Waals surface area contributed by atoms with Crippen LogP contribution in [0.2, 0.25) is 0 Å². The molecular formula is C13H19F3N2O3. The van der Waals surface area contributed by atoms with E-state index in [4.69, 9.17) is 0 Å². The second-order valence-electron chi connectivity index (χ2n) is 5.93. The number of amides is 2. The molecule has 1 aliphatic heterocycles. The predicted molar refractivity (Wildman–Crippen MR) is 67.2 cm³/mol. The van der Waals surface area contributed by atoms with Gasteiger partial charge in [0.15, 0.2) is 0 Å². The number of hydrogen-bond donors (Lipinski definition) is 2. The molecule has 21 heavy (non-hydrogen) atoms. The molecule has 2 rings (SSSR count). The third kappa shape index (κ3) is 3.87. The van der Waals surface area contributed by atoms with Gasteiger partial charge in [-0.1, -0.05) is 12.8 Å². The van der Waals surface area contributed by atoms with Gasteiger partial charge in [-0.25, -0.2) is 0 Å². The van der Waals surface area contributed by atoms with Crippen LogP contribution in [-0.4, -0.2) is 53.2 Å². The number of halogens is 3. The average molecular weight is 308 g/mol. The Morgan fingerprint density at radius 2 is 2.00 bits per heavy atom. The lowest BCUT2D eigenvalue weighted by Crippen LogP contribution is -2.51. The first kappa shape index (κ1) is 16.1. The van der Waals surface area contributed by atoms with Gasteiger partial charge in [-0.15, -0.1) is 0 Å². The van der Waals surface area contributed by atoms with E-state index in [0.717, 1.165) is 12.8 Å². The van der Waals surface area contributed by atoms with Crippen LogP contribution in [0.5, 0.6) is 0 Å². The number of alkyl halides is 3. The Kier molecular flexibility index (Phi) is 4.46. The molecule has 0 aromatic heterocycles. The molecule has 5 nitrogen and oxygen atoms in total. The molecule has 0 radical (unpaired) electrons. The molecule has 0 aromatic rings. The standard InChI is InChI=1S/C13H19F3N2O3/c14-13(15,16)7-18-6-9(5-10(18)20)11(21)17-12(8-19)3-1-2-4-12/h9,19H,1-8H2,(H,17,21). The van der Waals surface area contributed by atoms with E-state index in [0.29, 0.717) is 17.7 Å². The van der Waals surface area contributed by atoms with Gasteiger partial charge in [0, 0.05) is 13.0 Å². The molecule has 1 saturated heterocycles. The van der Waals surface area contributed by atoms with Gasteiger partial charge < -0.3 is 15.3 Å². The topological polar surface area (TPSA) is 69.6 Å². The molecule has 1 atom stereocenters. The minimum atomic E-state index is -4.46. The van der Waals surface area contributed by atoms with Gasteiger partial charge in [0.2, 0.25) is 11.8 Å². The van der Waals surface area contributed by atoms with Crippen molar-refractivity contribution < 1.29 is 27.9 Å². The van der Waals surface area contributed by atoms with E-state index in [2.05, 4.69) is 5.32 Å². The van der Waals surface area contributed by atoms with Crippen LogP contribution in [0.25, 0.3) is 0 Å². The van der Waals surface area contributed by atoms with Gasteiger partial charge in [0.1, 0.15) is 6.54 Å². The zero-order chi connectivity index (χ0) is 15.7. The number of nitrogens with one attached hydrogen (secondary N) is 1. The first-order valence-corrected chi connectivity index (χ1v) is 7.02. The molecule has 0 bridgehead atoms. The highest BCUT2D eigenvalue weighted by atomic mass is 19.4. The summed E-state index contributed by atoms with van der Waals surface area (Å²) < 4.78 is 37.0. The van der Waals surface area contributed by atoms with E-state index in [1.807, 2.05) is 0 Å². The SMILES string of the molecule is O=C(NC1(CO)CCCC1)C1CC(=O)N(CC(F)(F)F)C1. The lowest BCUT2D eigenvalue weighted by Gasteiger charge is -2.29. The molecule has 2 fully saturated rings. The van der Waals surface area contributed by atoms with E-state index < -0.39 is 36.0 Å². The molecule has 8 heteroatoms. The number of carbonyl (C=O) groups is 2. The van der Waals surface area contributed by atoms with Gasteiger partial charge in [-0.3, -0.25) is 9.59 Å². The Bertz CT molecular complexity index is 419. The third-order valence-corrected chi connectivity index (χ3v) is 4.21. The van der Waals surface area contributed by atoms with Crippen LogP contribution in [0.15, 0.2) is 0 Å². The van der Waals surface area contributed by atoms with E-state index in [9.17, 15) is 27.9 Å². The number of hydrogen-bond acceptors (Lipinski definition) is 3. The van der Waals surface area contributed by atoms with Gasteiger partial charge in [0.25, 0.3) is 0 Å². The molecule has 1 heterocycles. The summed E-state index contributed by atoms with van der Waals surface area (Å²) in [4.78, 5) is 24.4. The number of rotatable bonds is 4. The molecule has 2 N–H and O–H groups in total. The van der Waals surface area contributed by atoms with Crippen molar-refractivity contribution >= 4 is 11.8 Å². The monoisotopic (exact) mass is 308 g/mol. The minimum absolute atomic E-state index is 0.189. The molecule has 0 aromatic carbocycles. The quantitative estimate of drug-likeness (QED) is 0.808. The molecule has 2 amide bonds. The Balaban J connectivity index is 1.94. The van der Waals surface area contributed by atoms with Gasteiger partial charge in [-0.2, -0.15) is 13.2 Å². The average Bonchev–Trinajstić information content (AvgIpc) is 2.96. The van der Waals surface area contributed by atoms with Crippen molar-refractivity contribution in [3.8, 4) is 0 Å². The maximum absolute atomic E-state index is 12.3. The van der Waals surface area contributed by atoms with Crippen molar-refractivity contribution in [2.45, 2.75) is 43.8 Å². The van der Waals surface area contributed by atoms with E-state index in [1.165, 1.54) is 0 Å². The zero-order valence-electron chi connectivity index (χ0n) is 11.6. The largest absolute Gasteiger partial charge is 0.406 e. The van der Waals surface area contributed by atoms with Crippen LogP contribution in [-0.2, 0) is 9.59 Å². The van der Waals surface area contributed by atoms with E-state index in [-0.39, 0.29) is 19.6 Å². The third-order valence-electron chi connectivity index (χ3n) is 4.21. The number of likely N-dealkylation sites (tertiary alicyclic amines) is 1. The van der Waals surface area contributed by atoms with E-state index >= 15 is 0 Å². The summed E-state index contributed by atoms with van der Waals surface area (Å²) in [6.45, 7) is -1.72. The second-order valence-corrected chi connectivity index (χ2v) is 5.93. The Labute approximate surface area is 120 Å². The second kappa shape index (κ2) is 5.82. The van der Waals surface area contributed by atoms with Crippen LogP contribution >= 0.6 is 0 Å². The molecule has 120 valence electrons. The minimum Gasteiger partial charge on any atom is -0.394 e. The Hall–Kier alpha value is -1.31. The highest BCUT2D eigenvalue weighted by Gasteiger charge is 2.43. The van der Waals surface area contributed by atoms with E-state index in [1.54, 1.807) is 0 Å². The summed E-state index contributed by atoms with van der Waals surface area (Å²) in [7, 11) is 0. The summed E-state index contributed by atoms with van der Waals surface area (Å²) in [6, 6.07) is 0. The van der Waals surface area contributed by atoms with Gasteiger partial charge in [0.05, 0.1) is 18.1 Å². The molecule has 0 spiro atoms. The van der Waals surface area contributed by atoms with Gasteiger partial charge >= 0.3 is 6.18 Å². The Morgan fingerprint density at radius 3 is 2.52 bits per heavy atom. The Morgan fingerprint density at radius 1 is 1.38 bits per heavy atom. The summed E-state index contributed by atoms with van der Waals surface area (Å²) in [6.07, 6.45) is -1.57. The molecule has 1 saturated carbocycles. The highest BCUT2D eigenvalue weighted by Crippen LogP contribution is 2.30. The van der Waals surface area contributed by atoms with Gasteiger partial charge in [-0.05, 0) is 12.8 Å². The molecule has 1 unspecified atom stereocenters. The van der Waals surface area contributed by atoms with Crippen molar-refractivity contribution in [3.05, 3.63) is 0 Å². The molecular weight excluding hydrogens is 289 g/mol. The smallest absolute Gasteiger partial charge is 0.394 e. The number of aliphatic hydroxyl groups is 1. The summed E-state index contributed by atoms with van der Waals surface area (Å²) in [5.41, 5.74) is -0.669. The van der Waals surface area contributed by atoms with Crippen molar-refractivity contribution in [3.63, 3.8) is 0 Å². The van der Waals surface area contributed by atoms with Crippen LogP contribution in [0.3, 0.4) is 0 Å². The van der Waals surface area contributed by atoms with Crippen molar-refractivity contribution in [2.24, 2.45) is 5.92 Å². The maximum Gasteiger partial charge on any atom is 0.406 e. The highest BCUT2D eigenvalue weighted by molar-refractivity contribution is 5.89. The fourth-order valence-electron chi connectivity index (χ4n) is 3.05.